The molecule has 0 saturated carbocycles. The van der Waals surface area contributed by atoms with Gasteiger partial charge in [-0.15, -0.1) is 0 Å². The molecule has 3 aliphatic rings. The molecule has 3 aliphatic carbocycles. The van der Waals surface area contributed by atoms with Gasteiger partial charge in [0.25, 0.3) is 5.91 Å². The molecule has 1 amide bonds. The lowest BCUT2D eigenvalue weighted by molar-refractivity contribution is -0.144. The number of hydrogen-bond acceptors (Lipinski definition) is 9. The molecule has 0 spiro atoms. The highest BCUT2D eigenvalue weighted by Crippen LogP contribution is 2.52. The minimum atomic E-state index is -2.57. The number of phenols is 1. The number of allylic oxidation sites excluding steroid dienone is 2. The largest absolute Gasteiger partial charge is 0.511 e. The maximum atomic E-state index is 13.9. The van der Waals surface area contributed by atoms with E-state index >= 15 is 0 Å². The summed E-state index contributed by atoms with van der Waals surface area (Å²) >= 11 is 0. The minimum Gasteiger partial charge on any atom is -0.511 e. The van der Waals surface area contributed by atoms with Gasteiger partial charge in [-0.2, -0.15) is 0 Å². The van der Waals surface area contributed by atoms with Crippen molar-refractivity contribution >= 4 is 23.2 Å². The Balaban J connectivity index is 1.81. The van der Waals surface area contributed by atoms with Crippen LogP contribution >= 0.6 is 0 Å². The van der Waals surface area contributed by atoms with E-state index in [0.717, 1.165) is 25.1 Å². The van der Waals surface area contributed by atoms with Gasteiger partial charge in [0.2, 0.25) is 5.78 Å². The lowest BCUT2D eigenvalue weighted by Gasteiger charge is -2.46. The first kappa shape index (κ1) is 27.7. The summed E-state index contributed by atoms with van der Waals surface area (Å²) in [6.45, 7) is 5.32. The molecule has 0 unspecified atom stereocenters. The molecule has 10 heteroatoms. The van der Waals surface area contributed by atoms with Gasteiger partial charge in [-0.05, 0) is 42.9 Å². The van der Waals surface area contributed by atoms with Gasteiger partial charge in [0.05, 0.1) is 5.56 Å². The van der Waals surface area contributed by atoms with Gasteiger partial charge in [-0.3, -0.25) is 14.4 Å². The average Bonchev–Trinajstić information content (AvgIpc) is 2.84. The predicted octanol–water partition coefficient (Wildman–Crippen LogP) is 2.17. The summed E-state index contributed by atoms with van der Waals surface area (Å²) in [5, 5.41) is 47.6. The number of carbonyl (C=O) groups excluding carboxylic acids is 3. The molecule has 1 aromatic carbocycles. The maximum Gasteiger partial charge on any atom is 0.255 e. The van der Waals surface area contributed by atoms with Crippen LogP contribution in [0.2, 0.25) is 0 Å². The second-order valence-corrected chi connectivity index (χ2v) is 10.9. The van der Waals surface area contributed by atoms with Gasteiger partial charge in [-0.25, -0.2) is 0 Å². The van der Waals surface area contributed by atoms with Crippen molar-refractivity contribution in [3.8, 4) is 5.75 Å². The average molecular weight is 528 g/mol. The van der Waals surface area contributed by atoms with Crippen molar-refractivity contribution < 1.29 is 34.8 Å². The number of nitrogens with two attached hydrogens (primary N) is 1. The normalized spacial score (nSPS) is 24.9. The molecule has 0 aromatic heterocycles. The van der Waals surface area contributed by atoms with Crippen molar-refractivity contribution in [3.63, 3.8) is 0 Å². The number of carbonyl (C=O) groups is 3. The SMILES string of the molecule is CCC(CC)CNCc1cc(N(C)C)c2c(c1O)C(=O)C1=C(O)[C@]3(O)C(=O)C(C(N)=O)=C(O)C[C@@H]3C[C@@H]1C2. The van der Waals surface area contributed by atoms with E-state index in [1.807, 2.05) is 25.1 Å². The topological polar surface area (TPSA) is 173 Å². The number of anilines is 1. The molecule has 38 heavy (non-hydrogen) atoms. The third kappa shape index (κ3) is 4.16. The highest BCUT2D eigenvalue weighted by atomic mass is 16.3. The van der Waals surface area contributed by atoms with Crippen LogP contribution in [-0.2, 0) is 22.6 Å². The van der Waals surface area contributed by atoms with Crippen LogP contribution in [0.5, 0.6) is 5.75 Å². The Morgan fingerprint density at radius 3 is 2.42 bits per heavy atom. The molecule has 3 atom stereocenters. The van der Waals surface area contributed by atoms with E-state index in [1.54, 1.807) is 0 Å². The van der Waals surface area contributed by atoms with E-state index < -0.39 is 52.0 Å². The van der Waals surface area contributed by atoms with Gasteiger partial charge in [0.1, 0.15) is 22.8 Å². The third-order valence-electron chi connectivity index (χ3n) is 8.50. The number of amides is 1. The van der Waals surface area contributed by atoms with E-state index in [9.17, 15) is 34.8 Å². The number of ketones is 2. The van der Waals surface area contributed by atoms with Gasteiger partial charge < -0.3 is 36.4 Å². The second-order valence-electron chi connectivity index (χ2n) is 10.9. The number of aromatic hydroxyl groups is 1. The van der Waals surface area contributed by atoms with Gasteiger partial charge in [-0.1, -0.05) is 26.7 Å². The van der Waals surface area contributed by atoms with Gasteiger partial charge in [0, 0.05) is 49.8 Å². The van der Waals surface area contributed by atoms with Crippen LogP contribution in [0.3, 0.4) is 0 Å². The number of benzene rings is 1. The summed E-state index contributed by atoms with van der Waals surface area (Å²) in [5.41, 5.74) is 3.69. The van der Waals surface area contributed by atoms with E-state index in [-0.39, 0.29) is 36.1 Å². The third-order valence-corrected chi connectivity index (χ3v) is 8.50. The number of nitrogens with zero attached hydrogens (tertiary/aromatic N) is 1. The number of hydrogen-bond donors (Lipinski definition) is 6. The summed E-state index contributed by atoms with van der Waals surface area (Å²) in [5.74, 6) is -5.73. The fourth-order valence-corrected chi connectivity index (χ4v) is 6.24. The number of fused-ring (bicyclic) bond motifs is 3. The van der Waals surface area contributed by atoms with Crippen LogP contribution in [0.4, 0.5) is 5.69 Å². The van der Waals surface area contributed by atoms with Gasteiger partial charge >= 0.3 is 0 Å². The van der Waals surface area contributed by atoms with Crippen molar-refractivity contribution in [2.45, 2.75) is 58.1 Å². The fourth-order valence-electron chi connectivity index (χ4n) is 6.24. The Bertz CT molecular complexity index is 1260. The standard InChI is InChI=1S/C28H37N3O7/c1-5-13(6-2)11-30-12-15-9-18(31(3)4)17-8-14-7-16-10-19(32)22(27(29)37)26(36)28(16,38)25(35)20(14)24(34)21(17)23(15)33/h9,13-14,16,30,32-33,35,38H,5-8,10-12H2,1-4H3,(H2,29,37)/t14-,16+,28+/m1/s1. The van der Waals surface area contributed by atoms with E-state index in [1.165, 1.54) is 0 Å². The van der Waals surface area contributed by atoms with E-state index in [4.69, 9.17) is 5.73 Å². The van der Waals surface area contributed by atoms with Crippen LogP contribution in [0.1, 0.15) is 61.0 Å². The van der Waals surface area contributed by atoms with Crippen LogP contribution in [0, 0.1) is 17.8 Å². The Labute approximate surface area is 221 Å². The molecule has 1 aromatic rings. The Morgan fingerprint density at radius 1 is 1.18 bits per heavy atom. The first-order valence-corrected chi connectivity index (χ1v) is 13.1. The molecule has 7 N–H and O–H groups in total. The Kier molecular flexibility index (Phi) is 7.33. The number of Topliss-reactive ketones (excluding diaryl/α,β-unsaturated/α-hetero) is 2. The van der Waals surface area contributed by atoms with Crippen LogP contribution in [0.25, 0.3) is 0 Å². The quantitative estimate of drug-likeness (QED) is 0.277. The van der Waals surface area contributed by atoms with Crippen LogP contribution < -0.4 is 16.0 Å². The van der Waals surface area contributed by atoms with E-state index in [2.05, 4.69) is 19.2 Å². The number of primary amides is 1. The second kappa shape index (κ2) is 10.1. The van der Waals surface area contributed by atoms with Crippen molar-refractivity contribution in [1.82, 2.24) is 5.32 Å². The molecular formula is C28H37N3O7. The minimum absolute atomic E-state index is 0.0344. The molecule has 0 aliphatic heterocycles. The van der Waals surface area contributed by atoms with Crippen molar-refractivity contribution in [2.24, 2.45) is 23.5 Å². The summed E-state index contributed by atoms with van der Waals surface area (Å²) in [4.78, 5) is 40.7. The predicted molar refractivity (Wildman–Crippen MR) is 141 cm³/mol. The molecule has 0 saturated heterocycles. The van der Waals surface area contributed by atoms with Crippen molar-refractivity contribution in [3.05, 3.63) is 45.4 Å². The smallest absolute Gasteiger partial charge is 0.255 e. The monoisotopic (exact) mass is 527 g/mol. The molecule has 0 radical (unpaired) electrons. The first-order chi connectivity index (χ1) is 17.9. The summed E-state index contributed by atoms with van der Waals surface area (Å²) < 4.78 is 0. The summed E-state index contributed by atoms with van der Waals surface area (Å²) in [6.07, 6.45) is 2.17. The Hall–Kier alpha value is -3.37. The summed E-state index contributed by atoms with van der Waals surface area (Å²) in [7, 11) is 3.68. The van der Waals surface area contributed by atoms with Crippen LogP contribution in [0.15, 0.2) is 28.7 Å². The molecule has 10 nitrogen and oxygen atoms in total. The Morgan fingerprint density at radius 2 is 1.84 bits per heavy atom. The first-order valence-electron chi connectivity index (χ1n) is 13.1. The molecule has 0 bridgehead atoms. The van der Waals surface area contributed by atoms with Crippen molar-refractivity contribution in [1.29, 1.82) is 0 Å². The number of phenolic OH excluding ortho intramolecular Hbond substituents is 1. The zero-order valence-electron chi connectivity index (χ0n) is 22.3. The lowest BCUT2D eigenvalue weighted by atomic mass is 9.60. The zero-order chi connectivity index (χ0) is 28.1. The number of rotatable bonds is 8. The zero-order valence-corrected chi connectivity index (χ0v) is 22.3. The highest BCUT2D eigenvalue weighted by molar-refractivity contribution is 6.24. The number of aliphatic hydroxyl groups excluding tert-OH is 2. The van der Waals surface area contributed by atoms with Crippen molar-refractivity contribution in [2.75, 3.05) is 25.5 Å². The molecule has 0 heterocycles. The number of aliphatic hydroxyl groups is 3. The van der Waals surface area contributed by atoms with Gasteiger partial charge in [0.15, 0.2) is 11.4 Å². The molecular weight excluding hydrogens is 490 g/mol. The molecule has 0 fully saturated rings. The summed E-state index contributed by atoms with van der Waals surface area (Å²) in [6, 6.07) is 1.85. The van der Waals surface area contributed by atoms with Crippen LogP contribution in [-0.4, -0.2) is 64.1 Å². The maximum absolute atomic E-state index is 13.9. The molecule has 206 valence electrons. The number of nitrogens with one attached hydrogen (secondary N) is 1. The highest BCUT2D eigenvalue weighted by Gasteiger charge is 2.59. The molecule has 4 rings (SSSR count). The van der Waals surface area contributed by atoms with E-state index in [0.29, 0.717) is 23.6 Å². The fraction of sp³-hybridized carbons (Fsp3) is 0.536. The lowest BCUT2D eigenvalue weighted by Crippen LogP contribution is -2.57.